The van der Waals surface area contributed by atoms with Crippen molar-refractivity contribution in [3.05, 3.63) is 47.0 Å². The SMILES string of the molecule is C/C=C(\C)C(=O)O[C@@H]1[C@H]2CC3=C4CC(=O)O[C@@H](c5ccoc5)[C@]4(C)CC[C@@H]3[C@@](C)(C2=O)[C@@H]([C@@H](O)C(=O)OC)C1(C)C. The van der Waals surface area contributed by atoms with Gasteiger partial charge in [0.25, 0.3) is 0 Å². The van der Waals surface area contributed by atoms with E-state index in [1.165, 1.54) is 7.11 Å². The molecule has 4 aliphatic rings. The number of allylic oxidation sites excluding steroid dienone is 2. The molecule has 9 nitrogen and oxygen atoms in total. The molecule has 1 aliphatic heterocycles. The number of carbonyl (C=O) groups excluding carboxylic acids is 4. The lowest BCUT2D eigenvalue weighted by atomic mass is 9.40. The van der Waals surface area contributed by atoms with E-state index in [2.05, 4.69) is 6.92 Å². The maximum atomic E-state index is 14.5. The zero-order chi connectivity index (χ0) is 30.1. The second kappa shape index (κ2) is 9.96. The smallest absolute Gasteiger partial charge is 0.335 e. The van der Waals surface area contributed by atoms with Crippen molar-refractivity contribution >= 4 is 23.7 Å². The van der Waals surface area contributed by atoms with E-state index in [-0.39, 0.29) is 24.1 Å². The molecule has 1 aromatic rings. The Morgan fingerprint density at radius 1 is 1.20 bits per heavy atom. The molecule has 9 heteroatoms. The number of furan rings is 1. The molecule has 3 aliphatic carbocycles. The molecule has 3 fully saturated rings. The number of rotatable bonds is 5. The van der Waals surface area contributed by atoms with Crippen LogP contribution in [-0.4, -0.2) is 48.1 Å². The average Bonchev–Trinajstić information content (AvgIpc) is 3.46. The Kier molecular flexibility index (Phi) is 7.12. The van der Waals surface area contributed by atoms with Crippen LogP contribution in [0.4, 0.5) is 0 Å². The van der Waals surface area contributed by atoms with Crippen LogP contribution < -0.4 is 0 Å². The fraction of sp³-hybridized carbons (Fsp3) is 0.625. The number of aliphatic hydroxyl groups is 1. The highest BCUT2D eigenvalue weighted by Crippen LogP contribution is 2.68. The molecular formula is C32H40O9. The third kappa shape index (κ3) is 4.14. The van der Waals surface area contributed by atoms with Crippen LogP contribution in [0.5, 0.6) is 0 Å². The first-order valence-corrected chi connectivity index (χ1v) is 14.3. The Bertz CT molecular complexity index is 1330. The zero-order valence-electron chi connectivity index (χ0n) is 24.8. The van der Waals surface area contributed by atoms with Crippen molar-refractivity contribution in [1.29, 1.82) is 0 Å². The van der Waals surface area contributed by atoms with Gasteiger partial charge in [-0.25, -0.2) is 9.59 Å². The van der Waals surface area contributed by atoms with Gasteiger partial charge in [-0.2, -0.15) is 0 Å². The first-order valence-electron chi connectivity index (χ1n) is 14.3. The molecule has 41 heavy (non-hydrogen) atoms. The minimum atomic E-state index is -1.62. The van der Waals surface area contributed by atoms with Crippen LogP contribution >= 0.6 is 0 Å². The van der Waals surface area contributed by atoms with Gasteiger partial charge >= 0.3 is 17.9 Å². The topological polar surface area (TPSA) is 129 Å². The Labute approximate surface area is 240 Å². The van der Waals surface area contributed by atoms with Crippen molar-refractivity contribution in [2.24, 2.45) is 34.0 Å². The molecule has 5 rings (SSSR count). The van der Waals surface area contributed by atoms with E-state index in [4.69, 9.17) is 18.6 Å². The summed E-state index contributed by atoms with van der Waals surface area (Å²) in [6.45, 7) is 11.0. The first kappa shape index (κ1) is 29.3. The third-order valence-electron chi connectivity index (χ3n) is 10.8. The van der Waals surface area contributed by atoms with Gasteiger partial charge in [0.05, 0.1) is 32.0 Å². The van der Waals surface area contributed by atoms with E-state index in [1.807, 2.05) is 20.8 Å². The van der Waals surface area contributed by atoms with Gasteiger partial charge in [-0.1, -0.05) is 39.3 Å². The molecule has 8 atom stereocenters. The number of hydrogen-bond acceptors (Lipinski definition) is 9. The number of carbonyl (C=O) groups is 4. The Hall–Kier alpha value is -3.20. The van der Waals surface area contributed by atoms with Gasteiger partial charge in [0.2, 0.25) is 0 Å². The molecule has 2 heterocycles. The number of Topliss-reactive ketones (excluding diaryl/α,β-unsaturated/α-hetero) is 1. The summed E-state index contributed by atoms with van der Waals surface area (Å²) in [6, 6.07) is 1.80. The van der Waals surface area contributed by atoms with E-state index in [0.717, 1.165) is 16.7 Å². The third-order valence-corrected chi connectivity index (χ3v) is 10.8. The average molecular weight is 569 g/mol. The van der Waals surface area contributed by atoms with E-state index in [1.54, 1.807) is 38.5 Å². The highest BCUT2D eigenvalue weighted by molar-refractivity contribution is 5.94. The zero-order valence-corrected chi connectivity index (χ0v) is 24.8. The van der Waals surface area contributed by atoms with Gasteiger partial charge in [0.15, 0.2) is 6.10 Å². The van der Waals surface area contributed by atoms with Gasteiger partial charge in [0, 0.05) is 33.3 Å². The Balaban J connectivity index is 1.71. The van der Waals surface area contributed by atoms with Crippen LogP contribution in [0.2, 0.25) is 0 Å². The summed E-state index contributed by atoms with van der Waals surface area (Å²) in [6.07, 6.45) is 3.34. The minimum Gasteiger partial charge on any atom is -0.472 e. The number of cyclic esters (lactones) is 1. The van der Waals surface area contributed by atoms with Crippen LogP contribution in [0.1, 0.15) is 78.9 Å². The molecule has 0 amide bonds. The van der Waals surface area contributed by atoms with Crippen molar-refractivity contribution in [1.82, 2.24) is 0 Å². The molecular weight excluding hydrogens is 528 g/mol. The molecule has 0 unspecified atom stereocenters. The normalized spacial score (nSPS) is 37.0. The molecule has 222 valence electrons. The van der Waals surface area contributed by atoms with E-state index < -0.39 is 58.3 Å². The highest BCUT2D eigenvalue weighted by Gasteiger charge is 2.70. The van der Waals surface area contributed by atoms with Crippen LogP contribution in [0.3, 0.4) is 0 Å². The molecule has 0 radical (unpaired) electrons. The number of hydrogen-bond donors (Lipinski definition) is 1. The summed E-state index contributed by atoms with van der Waals surface area (Å²) >= 11 is 0. The highest BCUT2D eigenvalue weighted by atomic mass is 16.6. The van der Waals surface area contributed by atoms with Gasteiger partial charge in [0.1, 0.15) is 18.0 Å². The maximum Gasteiger partial charge on any atom is 0.335 e. The van der Waals surface area contributed by atoms with Crippen LogP contribution in [0.15, 0.2) is 45.8 Å². The first-order chi connectivity index (χ1) is 19.2. The van der Waals surface area contributed by atoms with E-state index >= 15 is 0 Å². The Morgan fingerprint density at radius 2 is 1.90 bits per heavy atom. The molecule has 0 spiro atoms. The summed E-state index contributed by atoms with van der Waals surface area (Å²) in [4.78, 5) is 53.5. The van der Waals surface area contributed by atoms with Crippen molar-refractivity contribution < 1.29 is 42.9 Å². The molecule has 1 N–H and O–H groups in total. The molecule has 0 aromatic carbocycles. The summed E-state index contributed by atoms with van der Waals surface area (Å²) in [5, 5.41) is 11.5. The largest absolute Gasteiger partial charge is 0.472 e. The molecule has 2 bridgehead atoms. The predicted molar refractivity (Wildman–Crippen MR) is 146 cm³/mol. The van der Waals surface area contributed by atoms with Gasteiger partial charge in [-0.15, -0.1) is 0 Å². The summed E-state index contributed by atoms with van der Waals surface area (Å²) in [5.41, 5.74) is 0.392. The number of ketones is 1. The fourth-order valence-corrected chi connectivity index (χ4v) is 8.72. The molecule has 1 saturated heterocycles. The van der Waals surface area contributed by atoms with E-state index in [0.29, 0.717) is 24.8 Å². The Morgan fingerprint density at radius 3 is 2.51 bits per heavy atom. The number of ether oxygens (including phenoxy) is 3. The van der Waals surface area contributed by atoms with Crippen LogP contribution in [0, 0.1) is 34.0 Å². The molecule has 2 saturated carbocycles. The minimum absolute atomic E-state index is 0.0867. The quantitative estimate of drug-likeness (QED) is 0.234. The number of esters is 3. The van der Waals surface area contributed by atoms with Crippen LogP contribution in [0.25, 0.3) is 0 Å². The van der Waals surface area contributed by atoms with Crippen molar-refractivity contribution in [3.63, 3.8) is 0 Å². The lowest BCUT2D eigenvalue weighted by Crippen LogP contribution is -2.69. The summed E-state index contributed by atoms with van der Waals surface area (Å²) in [7, 11) is 1.20. The predicted octanol–water partition coefficient (Wildman–Crippen LogP) is 4.64. The van der Waals surface area contributed by atoms with Crippen molar-refractivity contribution in [2.75, 3.05) is 7.11 Å². The standard InChI is InChI=1S/C32H40O9/c1-8-16(2)28(36)41-27-19-13-18-20(32(6,25(19)35)24(30(27,3)4)23(34)29(37)38-7)9-11-31(5)21(18)14-22(33)40-26(31)17-10-12-39-15-17/h8,10,12,15,19-20,23-24,26-27,34H,9,11,13-14H2,1-7H3/b16-8+/t19-,20-,23+,24-,26-,27+,31+,32+/m0/s1. The summed E-state index contributed by atoms with van der Waals surface area (Å²) < 4.78 is 22.3. The lowest BCUT2D eigenvalue weighted by Gasteiger charge is -2.64. The second-order valence-corrected chi connectivity index (χ2v) is 13.1. The molecule has 1 aromatic heterocycles. The fourth-order valence-electron chi connectivity index (χ4n) is 8.72. The van der Waals surface area contributed by atoms with Gasteiger partial charge in [-0.05, 0) is 50.7 Å². The van der Waals surface area contributed by atoms with Gasteiger partial charge in [-0.3, -0.25) is 9.59 Å². The maximum absolute atomic E-state index is 14.5. The van der Waals surface area contributed by atoms with Crippen molar-refractivity contribution in [3.8, 4) is 0 Å². The van der Waals surface area contributed by atoms with Crippen LogP contribution in [-0.2, 0) is 33.4 Å². The number of aliphatic hydroxyl groups excluding tert-OH is 1. The van der Waals surface area contributed by atoms with Gasteiger partial charge < -0.3 is 23.7 Å². The number of methoxy groups -OCH3 is 1. The van der Waals surface area contributed by atoms with Crippen molar-refractivity contribution in [2.45, 2.75) is 85.5 Å². The lowest BCUT2D eigenvalue weighted by molar-refractivity contribution is -0.211. The summed E-state index contributed by atoms with van der Waals surface area (Å²) in [5.74, 6) is -3.83. The monoisotopic (exact) mass is 568 g/mol. The second-order valence-electron chi connectivity index (χ2n) is 13.1. The number of fused-ring (bicyclic) bond motifs is 5. The van der Waals surface area contributed by atoms with E-state index in [9.17, 15) is 24.3 Å².